The Hall–Kier alpha value is -1.86. The van der Waals surface area contributed by atoms with E-state index in [2.05, 4.69) is 19.5 Å². The Bertz CT molecular complexity index is 892. The van der Waals surface area contributed by atoms with E-state index in [-0.39, 0.29) is 17.1 Å². The van der Waals surface area contributed by atoms with Gasteiger partial charge in [0.2, 0.25) is 5.95 Å². The van der Waals surface area contributed by atoms with Gasteiger partial charge in [-0.1, -0.05) is 0 Å². The second-order valence-corrected chi connectivity index (χ2v) is 6.74. The molecule has 5 atom stereocenters. The zero-order valence-corrected chi connectivity index (χ0v) is 13.6. The van der Waals surface area contributed by atoms with Crippen LogP contribution in [-0.2, 0) is 13.8 Å². The number of nitrogen functional groups attached to an aromatic ring is 1. The van der Waals surface area contributed by atoms with Gasteiger partial charge in [-0.3, -0.25) is 18.9 Å². The normalized spacial score (nSPS) is 28.5. The molecule has 138 valence electrons. The lowest BCUT2D eigenvalue weighted by atomic mass is 10.1. The van der Waals surface area contributed by atoms with Gasteiger partial charge in [-0.15, -0.1) is 0 Å². The van der Waals surface area contributed by atoms with E-state index in [1.165, 1.54) is 17.8 Å². The van der Waals surface area contributed by atoms with E-state index in [9.17, 15) is 19.6 Å². The highest BCUT2D eigenvalue weighted by atomic mass is 31.2. The molecule has 3 rings (SSSR count). The van der Waals surface area contributed by atoms with E-state index in [0.717, 1.165) is 0 Å². The number of aromatic amines is 1. The zero-order valence-electron chi connectivity index (χ0n) is 12.8. The molecule has 14 heteroatoms. The number of aliphatic hydroxyl groups excluding tert-OH is 2. The summed E-state index contributed by atoms with van der Waals surface area (Å²) in [7, 11) is -4.82. The number of anilines is 1. The van der Waals surface area contributed by atoms with Crippen molar-refractivity contribution < 1.29 is 33.8 Å². The first-order chi connectivity index (χ1) is 11.6. The van der Waals surface area contributed by atoms with Gasteiger partial charge >= 0.3 is 7.82 Å². The molecule has 0 bridgehead atoms. The van der Waals surface area contributed by atoms with Gasteiger partial charge in [0.25, 0.3) is 5.56 Å². The average molecular weight is 377 g/mol. The van der Waals surface area contributed by atoms with Crippen LogP contribution in [0.5, 0.6) is 0 Å². The predicted octanol–water partition coefficient (Wildman–Crippen LogP) is -2.18. The molecular formula is C11H16N5O8P. The Kier molecular flexibility index (Phi) is 4.41. The number of nitrogens with one attached hydrogen (secondary N) is 1. The lowest BCUT2D eigenvalue weighted by molar-refractivity contribution is -0.0757. The summed E-state index contributed by atoms with van der Waals surface area (Å²) in [4.78, 5) is 39.6. The number of aliphatic hydroxyl groups is 2. The van der Waals surface area contributed by atoms with Crippen LogP contribution in [0.4, 0.5) is 5.95 Å². The summed E-state index contributed by atoms with van der Waals surface area (Å²) in [6, 6.07) is 0. The number of nitrogens with zero attached hydrogens (tertiary/aromatic N) is 3. The molecule has 1 aliphatic heterocycles. The van der Waals surface area contributed by atoms with Gasteiger partial charge in [0.05, 0.1) is 12.4 Å². The summed E-state index contributed by atoms with van der Waals surface area (Å²) < 4.78 is 22.1. The number of phosphoric ester groups is 1. The fraction of sp³-hybridized carbons (Fsp3) is 0.545. The lowest BCUT2D eigenvalue weighted by Crippen LogP contribution is -2.38. The smallest absolute Gasteiger partial charge is 0.387 e. The molecule has 1 fully saturated rings. The number of phosphoric acid groups is 1. The molecule has 0 radical (unpaired) electrons. The molecule has 0 unspecified atom stereocenters. The molecular weight excluding hydrogens is 361 g/mol. The van der Waals surface area contributed by atoms with Gasteiger partial charge in [0.15, 0.2) is 17.4 Å². The molecule has 2 aromatic heterocycles. The standard InChI is InChI=1S/C11H16N5O8P/c1-3(24-25(20,21)22)7-5(17)6(18)10(23-7)16-2-13-4-8(16)14-11(12)15-9(4)19/h2-3,5-7,10,17-18H,1H3,(H2,20,21,22)(H3,12,14,15,19)/t3-,5+,6-,7-,10-/m1/s1. The number of hydrogen-bond donors (Lipinski definition) is 6. The minimum Gasteiger partial charge on any atom is -0.387 e. The van der Waals surface area contributed by atoms with E-state index >= 15 is 0 Å². The molecule has 1 aliphatic rings. The fourth-order valence-electron chi connectivity index (χ4n) is 2.71. The number of ether oxygens (including phenoxy) is 1. The summed E-state index contributed by atoms with van der Waals surface area (Å²) in [5.41, 5.74) is 4.86. The van der Waals surface area contributed by atoms with Crippen LogP contribution in [0, 0.1) is 0 Å². The van der Waals surface area contributed by atoms with E-state index < -0.39 is 44.0 Å². The van der Waals surface area contributed by atoms with Crippen molar-refractivity contribution in [2.24, 2.45) is 0 Å². The van der Waals surface area contributed by atoms with Crippen molar-refractivity contribution in [2.75, 3.05) is 5.73 Å². The second-order valence-electron chi connectivity index (χ2n) is 5.55. The highest BCUT2D eigenvalue weighted by molar-refractivity contribution is 7.46. The third-order valence-corrected chi connectivity index (χ3v) is 4.37. The molecule has 3 heterocycles. The van der Waals surface area contributed by atoms with E-state index in [1.54, 1.807) is 0 Å². The van der Waals surface area contributed by atoms with Gasteiger partial charge < -0.3 is 30.5 Å². The monoisotopic (exact) mass is 377 g/mol. The van der Waals surface area contributed by atoms with Crippen molar-refractivity contribution in [1.29, 1.82) is 0 Å². The Morgan fingerprint density at radius 2 is 2.12 bits per heavy atom. The molecule has 0 spiro atoms. The quantitative estimate of drug-likeness (QED) is 0.316. The fourth-order valence-corrected chi connectivity index (χ4v) is 3.26. The summed E-state index contributed by atoms with van der Waals surface area (Å²) in [5, 5.41) is 20.3. The highest BCUT2D eigenvalue weighted by Crippen LogP contribution is 2.41. The maximum absolute atomic E-state index is 11.8. The molecule has 0 aromatic carbocycles. The van der Waals surface area contributed by atoms with Crippen LogP contribution in [0.3, 0.4) is 0 Å². The minimum absolute atomic E-state index is 0.0155. The summed E-state index contributed by atoms with van der Waals surface area (Å²) >= 11 is 0. The summed E-state index contributed by atoms with van der Waals surface area (Å²) in [6.07, 6.45) is -5.53. The minimum atomic E-state index is -4.82. The molecule has 25 heavy (non-hydrogen) atoms. The van der Waals surface area contributed by atoms with Crippen molar-refractivity contribution in [2.45, 2.75) is 37.6 Å². The van der Waals surface area contributed by atoms with Gasteiger partial charge in [-0.05, 0) is 6.92 Å². The second kappa shape index (κ2) is 6.14. The van der Waals surface area contributed by atoms with Crippen LogP contribution in [-0.4, -0.2) is 63.9 Å². The molecule has 13 nitrogen and oxygen atoms in total. The van der Waals surface area contributed by atoms with Gasteiger partial charge in [-0.25, -0.2) is 9.55 Å². The van der Waals surface area contributed by atoms with Crippen molar-refractivity contribution in [3.05, 3.63) is 16.7 Å². The molecule has 2 aromatic rings. The number of aromatic nitrogens is 4. The average Bonchev–Trinajstić information content (AvgIpc) is 3.00. The third-order valence-electron chi connectivity index (χ3n) is 3.77. The maximum atomic E-state index is 11.8. The lowest BCUT2D eigenvalue weighted by Gasteiger charge is -2.22. The Morgan fingerprint density at radius 3 is 2.76 bits per heavy atom. The van der Waals surface area contributed by atoms with Crippen molar-refractivity contribution in [1.82, 2.24) is 19.5 Å². The Morgan fingerprint density at radius 1 is 1.44 bits per heavy atom. The van der Waals surface area contributed by atoms with E-state index in [0.29, 0.717) is 0 Å². The number of H-pyrrole nitrogens is 1. The van der Waals surface area contributed by atoms with Gasteiger partial charge in [0, 0.05) is 0 Å². The van der Waals surface area contributed by atoms with Crippen LogP contribution in [0.2, 0.25) is 0 Å². The summed E-state index contributed by atoms with van der Waals surface area (Å²) in [6.45, 7) is 1.27. The van der Waals surface area contributed by atoms with Gasteiger partial charge in [-0.2, -0.15) is 4.98 Å². The van der Waals surface area contributed by atoms with Crippen molar-refractivity contribution >= 4 is 24.9 Å². The van der Waals surface area contributed by atoms with Gasteiger partial charge in [0.1, 0.15) is 18.3 Å². The van der Waals surface area contributed by atoms with Crippen molar-refractivity contribution in [3.63, 3.8) is 0 Å². The van der Waals surface area contributed by atoms with Crippen LogP contribution in [0.25, 0.3) is 11.2 Å². The molecule has 1 saturated heterocycles. The third kappa shape index (κ3) is 3.30. The van der Waals surface area contributed by atoms with Crippen LogP contribution < -0.4 is 11.3 Å². The summed E-state index contributed by atoms with van der Waals surface area (Å²) in [5.74, 6) is -0.179. The first-order valence-corrected chi connectivity index (χ1v) is 8.59. The van der Waals surface area contributed by atoms with Crippen molar-refractivity contribution in [3.8, 4) is 0 Å². The van der Waals surface area contributed by atoms with Crippen LogP contribution in [0.1, 0.15) is 13.2 Å². The molecule has 0 amide bonds. The highest BCUT2D eigenvalue weighted by Gasteiger charge is 2.48. The first-order valence-electron chi connectivity index (χ1n) is 7.06. The molecule has 7 N–H and O–H groups in total. The number of fused-ring (bicyclic) bond motifs is 1. The Labute approximate surface area is 139 Å². The maximum Gasteiger partial charge on any atom is 0.469 e. The number of imidazole rings is 1. The number of rotatable bonds is 4. The van der Waals surface area contributed by atoms with Crippen LogP contribution >= 0.6 is 7.82 Å². The predicted molar refractivity (Wildman–Crippen MR) is 81.1 cm³/mol. The topological polar surface area (TPSA) is 206 Å². The van der Waals surface area contributed by atoms with E-state index in [4.69, 9.17) is 20.3 Å². The van der Waals surface area contributed by atoms with Crippen LogP contribution in [0.15, 0.2) is 11.1 Å². The molecule has 0 aliphatic carbocycles. The zero-order chi connectivity index (χ0) is 18.5. The SMILES string of the molecule is C[C@@H](OP(=O)(O)O)[C@H]1O[C@@H](n2cnc3c(=O)[nH]c(N)nc32)[C@H](O)[C@@H]1O. The Balaban J connectivity index is 1.94. The molecule has 0 saturated carbocycles. The first kappa shape index (κ1) is 17.9. The van der Waals surface area contributed by atoms with E-state index in [1.807, 2.05) is 0 Å². The number of hydrogen-bond acceptors (Lipinski definition) is 9. The number of nitrogens with two attached hydrogens (primary N) is 1. The largest absolute Gasteiger partial charge is 0.469 e.